The van der Waals surface area contributed by atoms with Gasteiger partial charge in [-0.2, -0.15) is 13.2 Å². The smallest absolute Gasteiger partial charge is 0.423 e. The summed E-state index contributed by atoms with van der Waals surface area (Å²) in [7, 11) is 0. The quantitative estimate of drug-likeness (QED) is 0.541. The molecule has 0 aliphatic heterocycles. The molecule has 2 fully saturated rings. The summed E-state index contributed by atoms with van der Waals surface area (Å²) < 4.78 is 61.4. The lowest BCUT2D eigenvalue weighted by atomic mass is 10.1. The number of ether oxygens (including phenoxy) is 1. The Labute approximate surface area is 164 Å². The van der Waals surface area contributed by atoms with Crippen molar-refractivity contribution in [2.45, 2.75) is 37.8 Å². The third-order valence-electron chi connectivity index (χ3n) is 5.74. The summed E-state index contributed by atoms with van der Waals surface area (Å²) in [5.41, 5.74) is -0.112. The highest BCUT2D eigenvalue weighted by Crippen LogP contribution is 2.48. The first-order chi connectivity index (χ1) is 13.9. The molecule has 0 amide bonds. The molecule has 0 spiro atoms. The fourth-order valence-electron chi connectivity index (χ4n) is 3.84. The number of nitrogens with zero attached hydrogens (tertiary/aromatic N) is 3. The van der Waals surface area contributed by atoms with Crippen LogP contribution in [0.3, 0.4) is 0 Å². The third-order valence-corrected chi connectivity index (χ3v) is 5.74. The van der Waals surface area contributed by atoms with Crippen molar-refractivity contribution in [3.63, 3.8) is 0 Å². The zero-order chi connectivity index (χ0) is 20.2. The molecule has 2 aromatic heterocycles. The summed E-state index contributed by atoms with van der Waals surface area (Å²) in [5.74, 6) is 0.817. The van der Waals surface area contributed by atoms with Crippen LogP contribution in [0.1, 0.15) is 42.1 Å². The van der Waals surface area contributed by atoms with Crippen LogP contribution in [0.2, 0.25) is 0 Å². The van der Waals surface area contributed by atoms with Gasteiger partial charge in [0.2, 0.25) is 0 Å². The van der Waals surface area contributed by atoms with Gasteiger partial charge in [-0.1, -0.05) is 12.1 Å². The van der Waals surface area contributed by atoms with Crippen molar-refractivity contribution in [2.24, 2.45) is 11.8 Å². The highest BCUT2D eigenvalue weighted by molar-refractivity contribution is 5.56. The van der Waals surface area contributed by atoms with Gasteiger partial charge < -0.3 is 4.74 Å². The average molecular weight is 405 g/mol. The molecule has 4 nitrogen and oxygen atoms in total. The minimum absolute atomic E-state index is 0.112. The summed E-state index contributed by atoms with van der Waals surface area (Å²) >= 11 is 0. The van der Waals surface area contributed by atoms with Crippen molar-refractivity contribution in [1.82, 2.24) is 14.6 Å². The van der Waals surface area contributed by atoms with E-state index in [1.165, 1.54) is 22.6 Å². The molecule has 8 heteroatoms. The first-order valence-electron chi connectivity index (χ1n) is 9.72. The van der Waals surface area contributed by atoms with Crippen molar-refractivity contribution >= 4 is 5.65 Å². The Morgan fingerprint density at radius 3 is 2.52 bits per heavy atom. The van der Waals surface area contributed by atoms with Gasteiger partial charge in [0, 0.05) is 18.5 Å². The molecule has 0 bridgehead atoms. The average Bonchev–Trinajstić information content (AvgIpc) is 3.59. The van der Waals surface area contributed by atoms with E-state index < -0.39 is 11.7 Å². The van der Waals surface area contributed by atoms with E-state index in [1.807, 2.05) is 0 Å². The first kappa shape index (κ1) is 18.4. The van der Waals surface area contributed by atoms with Gasteiger partial charge in [0.1, 0.15) is 23.0 Å². The fraction of sp³-hybridized carbons (Fsp3) is 0.429. The lowest BCUT2D eigenvalue weighted by molar-refractivity contribution is -0.138. The maximum absolute atomic E-state index is 13.8. The van der Waals surface area contributed by atoms with Crippen LogP contribution < -0.4 is 4.74 Å². The Balaban J connectivity index is 1.36. The summed E-state index contributed by atoms with van der Waals surface area (Å²) in [6, 6.07) is 7.57. The molecule has 0 radical (unpaired) electrons. The molecule has 2 atom stereocenters. The molecule has 2 aliphatic carbocycles. The molecule has 0 saturated heterocycles. The van der Waals surface area contributed by atoms with Crippen molar-refractivity contribution in [3.05, 3.63) is 59.3 Å². The summed E-state index contributed by atoms with van der Waals surface area (Å²) in [6.45, 7) is 0.171. The van der Waals surface area contributed by atoms with Gasteiger partial charge in [-0.3, -0.25) is 4.40 Å². The predicted molar refractivity (Wildman–Crippen MR) is 97.2 cm³/mol. The van der Waals surface area contributed by atoms with E-state index in [0.717, 1.165) is 24.8 Å². The summed E-state index contributed by atoms with van der Waals surface area (Å²) in [4.78, 5) is 0. The van der Waals surface area contributed by atoms with Crippen molar-refractivity contribution in [2.75, 3.05) is 6.61 Å². The van der Waals surface area contributed by atoms with Crippen LogP contribution in [0, 0.1) is 17.7 Å². The number of benzene rings is 1. The second-order valence-corrected chi connectivity index (χ2v) is 7.97. The number of rotatable bonds is 6. The molecule has 1 aromatic carbocycles. The maximum atomic E-state index is 13.8. The SMILES string of the molecule is Fc1ccc([C@@H]2C[C@H]2COc2ccn3c(CC4CC4)nnc3c2C(F)(F)F)cc1. The largest absolute Gasteiger partial charge is 0.492 e. The van der Waals surface area contributed by atoms with E-state index in [2.05, 4.69) is 10.2 Å². The molecule has 2 heterocycles. The lowest BCUT2D eigenvalue weighted by Gasteiger charge is -2.15. The molecule has 29 heavy (non-hydrogen) atoms. The van der Waals surface area contributed by atoms with Gasteiger partial charge >= 0.3 is 6.18 Å². The van der Waals surface area contributed by atoms with E-state index in [9.17, 15) is 17.6 Å². The van der Waals surface area contributed by atoms with Gasteiger partial charge in [0.25, 0.3) is 0 Å². The van der Waals surface area contributed by atoms with Crippen LogP contribution in [0.15, 0.2) is 36.5 Å². The van der Waals surface area contributed by atoms with E-state index >= 15 is 0 Å². The topological polar surface area (TPSA) is 39.4 Å². The Morgan fingerprint density at radius 2 is 1.83 bits per heavy atom. The number of hydrogen-bond donors (Lipinski definition) is 0. The second kappa shape index (κ2) is 6.71. The number of hydrogen-bond acceptors (Lipinski definition) is 3. The standard InChI is InChI=1S/C21H19F4N3O/c22-15-5-3-13(4-6-15)16-10-14(16)11-29-17-7-8-28-18(9-12-1-2-12)26-27-20(28)19(17)21(23,24)25/h3-8,12,14,16H,1-2,9-11H2/t14-,16-/m0/s1. The number of fused-ring (bicyclic) bond motifs is 1. The first-order valence-corrected chi connectivity index (χ1v) is 9.72. The Bertz CT molecular complexity index is 1040. The van der Waals surface area contributed by atoms with Gasteiger partial charge in [0.05, 0.1) is 6.61 Å². The molecule has 0 N–H and O–H groups in total. The van der Waals surface area contributed by atoms with Crippen LogP contribution in [-0.2, 0) is 12.6 Å². The van der Waals surface area contributed by atoms with Crippen molar-refractivity contribution in [3.8, 4) is 5.75 Å². The zero-order valence-corrected chi connectivity index (χ0v) is 15.5. The minimum Gasteiger partial charge on any atom is -0.492 e. The van der Waals surface area contributed by atoms with Gasteiger partial charge in [-0.15, -0.1) is 10.2 Å². The van der Waals surface area contributed by atoms with E-state index in [-0.39, 0.29) is 35.7 Å². The number of alkyl halides is 3. The van der Waals surface area contributed by atoms with Crippen LogP contribution in [0.4, 0.5) is 17.6 Å². The number of aromatic nitrogens is 3. The maximum Gasteiger partial charge on any atom is 0.423 e. The van der Waals surface area contributed by atoms with E-state index in [4.69, 9.17) is 4.74 Å². The van der Waals surface area contributed by atoms with Crippen molar-refractivity contribution < 1.29 is 22.3 Å². The molecule has 5 rings (SSSR count). The van der Waals surface area contributed by atoms with Gasteiger partial charge in [-0.25, -0.2) is 4.39 Å². The van der Waals surface area contributed by atoms with Crippen molar-refractivity contribution in [1.29, 1.82) is 0 Å². The van der Waals surface area contributed by atoms with Crippen LogP contribution >= 0.6 is 0 Å². The monoisotopic (exact) mass is 405 g/mol. The molecular formula is C21H19F4N3O. The van der Waals surface area contributed by atoms with Crippen LogP contribution in [0.5, 0.6) is 5.75 Å². The lowest BCUT2D eigenvalue weighted by Crippen LogP contribution is -2.13. The molecule has 152 valence electrons. The van der Waals surface area contributed by atoms with Gasteiger partial charge in [0.15, 0.2) is 5.65 Å². The highest BCUT2D eigenvalue weighted by atomic mass is 19.4. The third kappa shape index (κ3) is 3.68. The zero-order valence-electron chi connectivity index (χ0n) is 15.5. The number of pyridine rings is 1. The van der Waals surface area contributed by atoms with Gasteiger partial charge in [-0.05, 0) is 54.9 Å². The van der Waals surface area contributed by atoms with E-state index in [0.29, 0.717) is 18.2 Å². The molecule has 2 saturated carbocycles. The molecule has 0 unspecified atom stereocenters. The minimum atomic E-state index is -4.60. The van der Waals surface area contributed by atoms with Crippen LogP contribution in [-0.4, -0.2) is 21.2 Å². The molecular weight excluding hydrogens is 386 g/mol. The Kier molecular flexibility index (Phi) is 4.26. The molecule has 3 aromatic rings. The predicted octanol–water partition coefficient (Wildman–Crippen LogP) is 5.02. The highest BCUT2D eigenvalue weighted by Gasteiger charge is 2.42. The Hall–Kier alpha value is -2.64. The second-order valence-electron chi connectivity index (χ2n) is 7.97. The number of halogens is 4. The summed E-state index contributed by atoms with van der Waals surface area (Å²) in [5, 5.41) is 7.80. The van der Waals surface area contributed by atoms with Crippen LogP contribution in [0.25, 0.3) is 5.65 Å². The molecule has 2 aliphatic rings. The normalized spacial score (nSPS) is 21.5. The van der Waals surface area contributed by atoms with E-state index in [1.54, 1.807) is 18.3 Å². The summed E-state index contributed by atoms with van der Waals surface area (Å²) in [6.07, 6.45) is 0.576. The fourth-order valence-corrected chi connectivity index (χ4v) is 3.84. The Morgan fingerprint density at radius 1 is 1.07 bits per heavy atom.